The molecule has 142 valence electrons. The van der Waals surface area contributed by atoms with Gasteiger partial charge in [-0.2, -0.15) is 4.68 Å². The normalized spacial score (nSPS) is 13.2. The van der Waals surface area contributed by atoms with Crippen LogP contribution in [0.1, 0.15) is 11.1 Å². The van der Waals surface area contributed by atoms with Crippen LogP contribution in [0.15, 0.2) is 58.3 Å². The third-order valence-electron chi connectivity index (χ3n) is 4.52. The molecule has 0 amide bonds. The molecule has 0 spiro atoms. The fraction of sp³-hybridized carbons (Fsp3) is 0.158. The number of rotatable bonds is 4. The van der Waals surface area contributed by atoms with Crippen molar-refractivity contribution in [3.8, 4) is 11.3 Å². The van der Waals surface area contributed by atoms with E-state index in [1.54, 1.807) is 24.3 Å². The first-order chi connectivity index (χ1) is 13.5. The Bertz CT molecular complexity index is 1110. The monoisotopic (exact) mass is 381 g/mol. The van der Waals surface area contributed by atoms with Crippen molar-refractivity contribution in [1.82, 2.24) is 15.1 Å². The molecule has 1 aliphatic heterocycles. The van der Waals surface area contributed by atoms with Crippen LogP contribution in [0.3, 0.4) is 0 Å². The molecule has 8 nitrogen and oxygen atoms in total. The standard InChI is InChI=1S/C19H16FN5O3/c20-14-5-1-12(2-6-14)11-16-17(13-3-7-15(8-4-13)25(27)28)23-24(18(16)26)19-21-9-10-22-19/h1-8,23H,9-11H2,(H,21,22). The maximum atomic E-state index is 13.2. The largest absolute Gasteiger partial charge is 0.353 e. The number of aromatic amines is 1. The van der Waals surface area contributed by atoms with Gasteiger partial charge in [0.15, 0.2) is 0 Å². The summed E-state index contributed by atoms with van der Waals surface area (Å²) in [5, 5.41) is 17.0. The summed E-state index contributed by atoms with van der Waals surface area (Å²) in [5.74, 6) is 0.0776. The first-order valence-corrected chi connectivity index (χ1v) is 8.65. The maximum absolute atomic E-state index is 13.2. The minimum Gasteiger partial charge on any atom is -0.353 e. The van der Waals surface area contributed by atoms with Gasteiger partial charge in [0.2, 0.25) is 5.96 Å². The van der Waals surface area contributed by atoms with Crippen LogP contribution in [0.4, 0.5) is 10.1 Å². The van der Waals surface area contributed by atoms with Crippen molar-refractivity contribution in [2.75, 3.05) is 13.1 Å². The van der Waals surface area contributed by atoms with Crippen molar-refractivity contribution in [1.29, 1.82) is 0 Å². The van der Waals surface area contributed by atoms with Gasteiger partial charge in [-0.05, 0) is 29.8 Å². The van der Waals surface area contributed by atoms with E-state index in [-0.39, 0.29) is 23.5 Å². The lowest BCUT2D eigenvalue weighted by Gasteiger charge is -2.04. The molecule has 0 saturated heterocycles. The highest BCUT2D eigenvalue weighted by Gasteiger charge is 2.20. The van der Waals surface area contributed by atoms with Crippen LogP contribution in [0.2, 0.25) is 0 Å². The average molecular weight is 381 g/mol. The molecule has 0 bridgehead atoms. The van der Waals surface area contributed by atoms with E-state index in [9.17, 15) is 19.3 Å². The molecule has 3 aromatic rings. The maximum Gasteiger partial charge on any atom is 0.277 e. The molecule has 0 unspecified atom stereocenters. The van der Waals surface area contributed by atoms with Crippen molar-refractivity contribution in [2.24, 2.45) is 4.99 Å². The smallest absolute Gasteiger partial charge is 0.277 e. The number of nitro benzene ring substituents is 1. The number of hydrogen-bond donors (Lipinski definition) is 2. The lowest BCUT2D eigenvalue weighted by Crippen LogP contribution is -2.34. The van der Waals surface area contributed by atoms with Crippen LogP contribution in [0.25, 0.3) is 11.3 Å². The minimum absolute atomic E-state index is 0.0348. The number of non-ortho nitro benzene ring substituents is 1. The van der Waals surface area contributed by atoms with Crippen LogP contribution >= 0.6 is 0 Å². The SMILES string of the molecule is O=c1c(Cc2ccc(F)cc2)c(-c2ccc([N+](=O)[O-])cc2)[nH]n1C1=NCCN1. The van der Waals surface area contributed by atoms with E-state index in [0.29, 0.717) is 35.9 Å². The zero-order chi connectivity index (χ0) is 19.7. The molecule has 1 aromatic heterocycles. The molecule has 2 N–H and O–H groups in total. The highest BCUT2D eigenvalue weighted by Crippen LogP contribution is 2.24. The third-order valence-corrected chi connectivity index (χ3v) is 4.52. The summed E-state index contributed by atoms with van der Waals surface area (Å²) in [5.41, 5.74) is 2.11. The van der Waals surface area contributed by atoms with E-state index in [2.05, 4.69) is 15.4 Å². The van der Waals surface area contributed by atoms with Crippen LogP contribution < -0.4 is 10.9 Å². The van der Waals surface area contributed by atoms with Crippen LogP contribution in [-0.4, -0.2) is 33.8 Å². The predicted octanol–water partition coefficient (Wildman–Crippen LogP) is 2.29. The third kappa shape index (κ3) is 3.29. The van der Waals surface area contributed by atoms with Gasteiger partial charge in [-0.25, -0.2) is 9.38 Å². The predicted molar refractivity (Wildman–Crippen MR) is 102 cm³/mol. The Morgan fingerprint density at radius 2 is 1.86 bits per heavy atom. The molecule has 2 aromatic carbocycles. The van der Waals surface area contributed by atoms with Gasteiger partial charge in [-0.15, -0.1) is 0 Å². The van der Waals surface area contributed by atoms with Crippen molar-refractivity contribution in [2.45, 2.75) is 6.42 Å². The molecule has 0 radical (unpaired) electrons. The molecule has 2 heterocycles. The number of nitrogens with one attached hydrogen (secondary N) is 2. The Labute approximate surface area is 158 Å². The molecule has 4 rings (SSSR count). The van der Waals surface area contributed by atoms with Gasteiger partial charge in [0.25, 0.3) is 11.2 Å². The van der Waals surface area contributed by atoms with E-state index in [1.807, 2.05) is 0 Å². The molecule has 0 saturated carbocycles. The summed E-state index contributed by atoms with van der Waals surface area (Å²) < 4.78 is 14.5. The summed E-state index contributed by atoms with van der Waals surface area (Å²) in [7, 11) is 0. The second kappa shape index (κ2) is 7.10. The van der Waals surface area contributed by atoms with E-state index >= 15 is 0 Å². The Hall–Kier alpha value is -3.75. The summed E-state index contributed by atoms with van der Waals surface area (Å²) in [6.07, 6.45) is 0.280. The van der Waals surface area contributed by atoms with Gasteiger partial charge in [0.05, 0.1) is 17.2 Å². The van der Waals surface area contributed by atoms with Gasteiger partial charge in [0.1, 0.15) is 5.82 Å². The number of nitrogens with zero attached hydrogens (tertiary/aromatic N) is 3. The first kappa shape index (κ1) is 17.7. The molecule has 0 atom stereocenters. The average Bonchev–Trinajstić information content (AvgIpc) is 3.33. The van der Waals surface area contributed by atoms with Gasteiger partial charge < -0.3 is 5.32 Å². The number of aliphatic imine (C=N–C) groups is 1. The Kier molecular flexibility index (Phi) is 4.48. The Morgan fingerprint density at radius 1 is 1.14 bits per heavy atom. The van der Waals surface area contributed by atoms with E-state index in [0.717, 1.165) is 5.56 Å². The Balaban J connectivity index is 1.81. The van der Waals surface area contributed by atoms with Gasteiger partial charge >= 0.3 is 0 Å². The van der Waals surface area contributed by atoms with Crippen molar-refractivity contribution in [3.63, 3.8) is 0 Å². The number of halogens is 1. The van der Waals surface area contributed by atoms with Gasteiger partial charge in [-0.3, -0.25) is 20.0 Å². The van der Waals surface area contributed by atoms with Gasteiger partial charge in [-0.1, -0.05) is 12.1 Å². The molecule has 0 fully saturated rings. The number of hydrogen-bond acceptors (Lipinski definition) is 5. The second-order valence-electron chi connectivity index (χ2n) is 6.35. The van der Waals surface area contributed by atoms with Crippen molar-refractivity contribution < 1.29 is 9.31 Å². The zero-order valence-corrected chi connectivity index (χ0v) is 14.7. The number of H-pyrrole nitrogens is 1. The highest BCUT2D eigenvalue weighted by atomic mass is 19.1. The molecular weight excluding hydrogens is 365 g/mol. The zero-order valence-electron chi connectivity index (χ0n) is 14.7. The summed E-state index contributed by atoms with van der Waals surface area (Å²) >= 11 is 0. The van der Waals surface area contributed by atoms with Crippen molar-refractivity contribution in [3.05, 3.63) is 85.9 Å². The molecule has 28 heavy (non-hydrogen) atoms. The fourth-order valence-electron chi connectivity index (χ4n) is 3.12. The topological polar surface area (TPSA) is 105 Å². The summed E-state index contributed by atoms with van der Waals surface area (Å²) in [6.45, 7) is 1.21. The lowest BCUT2D eigenvalue weighted by molar-refractivity contribution is -0.384. The molecular formula is C19H16FN5O3. The second-order valence-corrected chi connectivity index (χ2v) is 6.35. The highest BCUT2D eigenvalue weighted by molar-refractivity contribution is 5.83. The van der Waals surface area contributed by atoms with Crippen LogP contribution in [-0.2, 0) is 6.42 Å². The molecule has 1 aliphatic rings. The van der Waals surface area contributed by atoms with Crippen LogP contribution in [0, 0.1) is 15.9 Å². The minimum atomic E-state index is -0.478. The molecule has 9 heteroatoms. The quantitative estimate of drug-likeness (QED) is 0.534. The first-order valence-electron chi connectivity index (χ1n) is 8.65. The van der Waals surface area contributed by atoms with E-state index in [4.69, 9.17) is 0 Å². The number of aromatic nitrogens is 2. The Morgan fingerprint density at radius 3 is 2.46 bits per heavy atom. The number of benzene rings is 2. The summed E-state index contributed by atoms with van der Waals surface area (Å²) in [4.78, 5) is 27.7. The fourth-order valence-corrected chi connectivity index (χ4v) is 3.12. The summed E-state index contributed by atoms with van der Waals surface area (Å²) in [6, 6.07) is 11.9. The van der Waals surface area contributed by atoms with Crippen LogP contribution in [0.5, 0.6) is 0 Å². The molecule has 0 aliphatic carbocycles. The van der Waals surface area contributed by atoms with Crippen molar-refractivity contribution >= 4 is 11.6 Å². The lowest BCUT2D eigenvalue weighted by atomic mass is 10.0. The van der Waals surface area contributed by atoms with Gasteiger partial charge in [0, 0.05) is 36.2 Å². The number of nitro groups is 1. The van der Waals surface area contributed by atoms with E-state index < -0.39 is 4.92 Å². The van der Waals surface area contributed by atoms with E-state index in [1.165, 1.54) is 28.9 Å².